The molecule has 1 aliphatic carbocycles. The second kappa shape index (κ2) is 5.25. The summed E-state index contributed by atoms with van der Waals surface area (Å²) in [6, 6.07) is 6.07. The largest absolute Gasteiger partial charge is 0.487 e. The van der Waals surface area contributed by atoms with Crippen molar-refractivity contribution in [1.82, 2.24) is 5.32 Å². The minimum atomic E-state index is 0.106. The van der Waals surface area contributed by atoms with Crippen molar-refractivity contribution >= 4 is 11.6 Å². The lowest BCUT2D eigenvalue weighted by molar-refractivity contribution is -0.0871. The zero-order chi connectivity index (χ0) is 12.4. The molecule has 1 N–H and O–H groups in total. The van der Waals surface area contributed by atoms with Crippen molar-refractivity contribution in [2.45, 2.75) is 31.6 Å². The maximum atomic E-state index is 5.96. The number of aryl methyl sites for hydroxylation is 1. The number of nitrogens with one attached hydrogen (secondary N) is 1. The van der Waals surface area contributed by atoms with E-state index in [0.717, 1.165) is 17.7 Å². The molecule has 0 amide bonds. The zero-order valence-electron chi connectivity index (χ0n) is 10.4. The van der Waals surface area contributed by atoms with Gasteiger partial charge in [-0.15, -0.1) is 0 Å². The van der Waals surface area contributed by atoms with E-state index in [2.05, 4.69) is 5.32 Å². The molecule has 0 aromatic heterocycles. The van der Waals surface area contributed by atoms with Crippen molar-refractivity contribution in [2.24, 2.45) is 0 Å². The van der Waals surface area contributed by atoms with Crippen molar-refractivity contribution in [3.63, 3.8) is 0 Å². The fourth-order valence-corrected chi connectivity index (χ4v) is 2.32. The first-order valence-electron chi connectivity index (χ1n) is 5.78. The highest BCUT2D eigenvalue weighted by molar-refractivity contribution is 6.30. The molecule has 1 fully saturated rings. The lowest BCUT2D eigenvalue weighted by Crippen LogP contribution is -2.60. The molecule has 4 heteroatoms. The monoisotopic (exact) mass is 255 g/mol. The third kappa shape index (κ3) is 2.57. The van der Waals surface area contributed by atoms with Crippen molar-refractivity contribution < 1.29 is 9.47 Å². The minimum Gasteiger partial charge on any atom is -0.487 e. The van der Waals surface area contributed by atoms with Crippen LogP contribution >= 0.6 is 11.6 Å². The number of hydrogen-bond donors (Lipinski definition) is 1. The Bertz CT molecular complexity index is 397. The van der Waals surface area contributed by atoms with Crippen molar-refractivity contribution in [3.8, 4) is 5.75 Å². The van der Waals surface area contributed by atoms with Crippen LogP contribution in [0.15, 0.2) is 18.2 Å². The Morgan fingerprint density at radius 1 is 1.41 bits per heavy atom. The van der Waals surface area contributed by atoms with Gasteiger partial charge in [0.05, 0.1) is 0 Å². The first kappa shape index (κ1) is 12.7. The topological polar surface area (TPSA) is 30.5 Å². The van der Waals surface area contributed by atoms with Gasteiger partial charge in [-0.3, -0.25) is 0 Å². The van der Waals surface area contributed by atoms with E-state index in [1.54, 1.807) is 7.11 Å². The third-order valence-electron chi connectivity index (χ3n) is 3.32. The Balaban J connectivity index is 2.04. The molecule has 0 aliphatic heterocycles. The SMILES string of the molecule is CNC1CC(Oc2cc(Cl)ccc2C)C1OC. The number of benzene rings is 1. The van der Waals surface area contributed by atoms with Gasteiger partial charge in [0.2, 0.25) is 0 Å². The minimum absolute atomic E-state index is 0.106. The van der Waals surface area contributed by atoms with Crippen LogP contribution in [0.1, 0.15) is 12.0 Å². The fraction of sp³-hybridized carbons (Fsp3) is 0.538. The van der Waals surface area contributed by atoms with Crippen molar-refractivity contribution in [1.29, 1.82) is 0 Å². The van der Waals surface area contributed by atoms with Crippen LogP contribution in [0.25, 0.3) is 0 Å². The van der Waals surface area contributed by atoms with E-state index in [4.69, 9.17) is 21.1 Å². The lowest BCUT2D eigenvalue weighted by Gasteiger charge is -2.43. The second-order valence-corrected chi connectivity index (χ2v) is 4.83. The van der Waals surface area contributed by atoms with E-state index in [0.29, 0.717) is 11.1 Å². The van der Waals surface area contributed by atoms with Crippen LogP contribution in [0.4, 0.5) is 0 Å². The van der Waals surface area contributed by atoms with Crippen LogP contribution in [-0.2, 0) is 4.74 Å². The average Bonchev–Trinajstić information content (AvgIpc) is 2.28. The molecule has 94 valence electrons. The van der Waals surface area contributed by atoms with Gasteiger partial charge in [0, 0.05) is 24.6 Å². The molecule has 0 saturated heterocycles. The summed E-state index contributed by atoms with van der Waals surface area (Å²) in [6.45, 7) is 2.02. The van der Waals surface area contributed by atoms with Crippen molar-refractivity contribution in [2.75, 3.05) is 14.2 Å². The van der Waals surface area contributed by atoms with Gasteiger partial charge in [-0.2, -0.15) is 0 Å². The normalized spacial score (nSPS) is 27.6. The Labute approximate surface area is 107 Å². The lowest BCUT2D eigenvalue weighted by atomic mass is 9.85. The summed E-state index contributed by atoms with van der Waals surface area (Å²) < 4.78 is 11.4. The van der Waals surface area contributed by atoms with Crippen LogP contribution < -0.4 is 10.1 Å². The summed E-state index contributed by atoms with van der Waals surface area (Å²) in [5.74, 6) is 0.846. The van der Waals surface area contributed by atoms with Gasteiger partial charge in [0.15, 0.2) is 0 Å². The van der Waals surface area contributed by atoms with Gasteiger partial charge in [-0.25, -0.2) is 0 Å². The van der Waals surface area contributed by atoms with E-state index >= 15 is 0 Å². The van der Waals surface area contributed by atoms with E-state index in [1.165, 1.54) is 0 Å². The highest BCUT2D eigenvalue weighted by Crippen LogP contribution is 2.31. The van der Waals surface area contributed by atoms with Crippen LogP contribution in [0.3, 0.4) is 0 Å². The summed E-state index contributed by atoms with van der Waals surface area (Å²) in [5, 5.41) is 3.91. The third-order valence-corrected chi connectivity index (χ3v) is 3.56. The number of hydrogen-bond acceptors (Lipinski definition) is 3. The van der Waals surface area contributed by atoms with Crippen molar-refractivity contribution in [3.05, 3.63) is 28.8 Å². The predicted octanol–water partition coefficient (Wildman–Crippen LogP) is 2.40. The average molecular weight is 256 g/mol. The highest BCUT2D eigenvalue weighted by atomic mass is 35.5. The first-order valence-corrected chi connectivity index (χ1v) is 6.16. The first-order chi connectivity index (χ1) is 8.15. The van der Waals surface area contributed by atoms with E-state index in [9.17, 15) is 0 Å². The molecule has 3 atom stereocenters. The zero-order valence-corrected chi connectivity index (χ0v) is 11.1. The van der Waals surface area contributed by atoms with E-state index in [1.807, 2.05) is 32.2 Å². The maximum Gasteiger partial charge on any atom is 0.128 e. The summed E-state index contributed by atoms with van der Waals surface area (Å²) in [6.07, 6.45) is 1.18. The summed E-state index contributed by atoms with van der Waals surface area (Å²) in [4.78, 5) is 0. The summed E-state index contributed by atoms with van der Waals surface area (Å²) in [7, 11) is 3.66. The standard InChI is InChI=1S/C13H18ClNO2/c1-8-4-5-9(14)6-11(8)17-12-7-10(15-2)13(12)16-3/h4-6,10,12-13,15H,7H2,1-3H3. The van der Waals surface area contributed by atoms with E-state index in [-0.39, 0.29) is 12.2 Å². The van der Waals surface area contributed by atoms with Crippen LogP contribution in [0.5, 0.6) is 5.75 Å². The molecule has 0 radical (unpaired) electrons. The quantitative estimate of drug-likeness (QED) is 0.896. The van der Waals surface area contributed by atoms with Crippen LogP contribution in [0, 0.1) is 6.92 Å². The Kier molecular flexibility index (Phi) is 3.92. The smallest absolute Gasteiger partial charge is 0.128 e. The Morgan fingerprint density at radius 3 is 2.82 bits per heavy atom. The molecule has 17 heavy (non-hydrogen) atoms. The molecule has 1 aromatic carbocycles. The predicted molar refractivity (Wildman–Crippen MR) is 68.9 cm³/mol. The molecule has 2 rings (SSSR count). The molecule has 0 heterocycles. The summed E-state index contributed by atoms with van der Waals surface area (Å²) >= 11 is 5.96. The second-order valence-electron chi connectivity index (χ2n) is 4.40. The molecular formula is C13H18ClNO2. The molecule has 3 unspecified atom stereocenters. The molecule has 1 saturated carbocycles. The van der Waals surface area contributed by atoms with Gasteiger partial charge in [-0.1, -0.05) is 17.7 Å². The van der Waals surface area contributed by atoms with Gasteiger partial charge in [0.1, 0.15) is 18.0 Å². The number of halogens is 1. The number of ether oxygens (including phenoxy) is 2. The highest BCUT2D eigenvalue weighted by Gasteiger charge is 2.42. The van der Waals surface area contributed by atoms with Gasteiger partial charge < -0.3 is 14.8 Å². The molecule has 0 spiro atoms. The van der Waals surface area contributed by atoms with Crippen LogP contribution in [-0.4, -0.2) is 32.4 Å². The molecule has 1 aliphatic rings. The molecular weight excluding hydrogens is 238 g/mol. The molecule has 0 bridgehead atoms. The Morgan fingerprint density at radius 2 is 2.18 bits per heavy atom. The van der Waals surface area contributed by atoms with Gasteiger partial charge >= 0.3 is 0 Å². The number of methoxy groups -OCH3 is 1. The molecule has 1 aromatic rings. The van der Waals surface area contributed by atoms with Gasteiger partial charge in [-0.05, 0) is 31.7 Å². The van der Waals surface area contributed by atoms with Gasteiger partial charge in [0.25, 0.3) is 0 Å². The number of rotatable bonds is 4. The van der Waals surface area contributed by atoms with E-state index < -0.39 is 0 Å². The summed E-state index contributed by atoms with van der Waals surface area (Å²) in [5.41, 5.74) is 1.09. The maximum absolute atomic E-state index is 5.96. The number of likely N-dealkylation sites (N-methyl/N-ethyl adjacent to an activating group) is 1. The van der Waals surface area contributed by atoms with Crippen LogP contribution in [0.2, 0.25) is 5.02 Å². The fourth-order valence-electron chi connectivity index (χ4n) is 2.16. The Hall–Kier alpha value is -0.770. The molecule has 3 nitrogen and oxygen atoms in total.